The molecule has 1 saturated carbocycles. The van der Waals surface area contributed by atoms with Crippen molar-refractivity contribution < 1.29 is 14.6 Å². The minimum absolute atomic E-state index is 0.0567. The van der Waals surface area contributed by atoms with Crippen LogP contribution in [0.4, 0.5) is 0 Å². The summed E-state index contributed by atoms with van der Waals surface area (Å²) in [5, 5.41) is 8.86. The second kappa shape index (κ2) is 3.54. The largest absolute Gasteiger partial charge is 0.481 e. The van der Waals surface area contributed by atoms with Gasteiger partial charge in [-0.15, -0.1) is 0 Å². The number of rotatable bonds is 2. The fraction of sp³-hybridized carbons (Fsp3) is 0.909. The molecule has 1 aliphatic carbocycles. The summed E-state index contributed by atoms with van der Waals surface area (Å²) in [7, 11) is 0. The van der Waals surface area contributed by atoms with Crippen molar-refractivity contribution in [3.63, 3.8) is 0 Å². The Morgan fingerprint density at radius 3 is 2.57 bits per heavy atom. The minimum atomic E-state index is -0.737. The van der Waals surface area contributed by atoms with Crippen LogP contribution < -0.4 is 0 Å². The molecule has 1 N–H and O–H groups in total. The first-order chi connectivity index (χ1) is 6.63. The van der Waals surface area contributed by atoms with Crippen LogP contribution in [0, 0.1) is 11.3 Å². The van der Waals surface area contributed by atoms with Crippen molar-refractivity contribution in [3.8, 4) is 0 Å². The molecule has 80 valence electrons. The number of hydrogen-bond acceptors (Lipinski definition) is 2. The maximum atomic E-state index is 10.8. The molecule has 3 nitrogen and oxygen atoms in total. The van der Waals surface area contributed by atoms with E-state index >= 15 is 0 Å². The number of carboxylic acids is 1. The molecule has 2 aliphatic rings. The van der Waals surface area contributed by atoms with E-state index in [1.54, 1.807) is 6.92 Å². The lowest BCUT2D eigenvalue weighted by Crippen LogP contribution is -2.43. The molecule has 2 unspecified atom stereocenters. The van der Waals surface area contributed by atoms with Gasteiger partial charge in [0, 0.05) is 0 Å². The molecule has 0 bridgehead atoms. The van der Waals surface area contributed by atoms with E-state index in [2.05, 4.69) is 0 Å². The van der Waals surface area contributed by atoms with E-state index in [9.17, 15) is 4.79 Å². The standard InChI is InChI=1S/C11H18O3/c1-8(10(12)13)9-3-6-11(7-14-9)4-2-5-11/h8-9H,2-7H2,1H3,(H,12,13). The number of carboxylic acid groups (broad SMARTS) is 1. The van der Waals surface area contributed by atoms with Gasteiger partial charge in [-0.05, 0) is 38.0 Å². The maximum Gasteiger partial charge on any atom is 0.308 e. The first-order valence-electron chi connectivity index (χ1n) is 5.47. The van der Waals surface area contributed by atoms with Crippen LogP contribution in [0.25, 0.3) is 0 Å². The summed E-state index contributed by atoms with van der Waals surface area (Å²) >= 11 is 0. The van der Waals surface area contributed by atoms with Crippen molar-refractivity contribution in [2.45, 2.75) is 45.1 Å². The van der Waals surface area contributed by atoms with Gasteiger partial charge in [0.05, 0.1) is 18.6 Å². The van der Waals surface area contributed by atoms with Gasteiger partial charge in [0.25, 0.3) is 0 Å². The molecule has 1 spiro atoms. The lowest BCUT2D eigenvalue weighted by atomic mass is 9.65. The van der Waals surface area contributed by atoms with Crippen LogP contribution in [-0.4, -0.2) is 23.8 Å². The minimum Gasteiger partial charge on any atom is -0.481 e. The normalized spacial score (nSPS) is 32.2. The van der Waals surface area contributed by atoms with Crippen molar-refractivity contribution >= 4 is 5.97 Å². The molecule has 0 aromatic rings. The Labute approximate surface area is 84.4 Å². The molecule has 2 fully saturated rings. The van der Waals surface area contributed by atoms with Gasteiger partial charge in [-0.1, -0.05) is 6.42 Å². The zero-order chi connectivity index (χ0) is 10.2. The van der Waals surface area contributed by atoms with Crippen molar-refractivity contribution in [1.82, 2.24) is 0 Å². The fourth-order valence-corrected chi connectivity index (χ4v) is 2.51. The zero-order valence-electron chi connectivity index (χ0n) is 8.66. The third kappa shape index (κ3) is 1.65. The molecule has 0 aromatic heterocycles. The van der Waals surface area contributed by atoms with Crippen LogP contribution in [0.2, 0.25) is 0 Å². The molecule has 1 heterocycles. The van der Waals surface area contributed by atoms with E-state index < -0.39 is 5.97 Å². The average molecular weight is 198 g/mol. The summed E-state index contributed by atoms with van der Waals surface area (Å²) in [6.45, 7) is 2.53. The second-order valence-electron chi connectivity index (χ2n) is 4.87. The lowest BCUT2D eigenvalue weighted by Gasteiger charge is -2.47. The Morgan fingerprint density at radius 2 is 2.21 bits per heavy atom. The Hall–Kier alpha value is -0.570. The van der Waals surface area contributed by atoms with Crippen LogP contribution in [0.5, 0.6) is 0 Å². The predicted octanol–water partition coefficient (Wildman–Crippen LogP) is 2.06. The van der Waals surface area contributed by atoms with Gasteiger partial charge in [-0.3, -0.25) is 4.79 Å². The second-order valence-corrected chi connectivity index (χ2v) is 4.87. The Kier molecular flexibility index (Phi) is 2.52. The molecule has 14 heavy (non-hydrogen) atoms. The predicted molar refractivity (Wildman–Crippen MR) is 52.1 cm³/mol. The quantitative estimate of drug-likeness (QED) is 0.738. The Bertz CT molecular complexity index is 223. The highest BCUT2D eigenvalue weighted by Crippen LogP contribution is 2.48. The van der Waals surface area contributed by atoms with Crippen LogP contribution in [-0.2, 0) is 9.53 Å². The smallest absolute Gasteiger partial charge is 0.308 e. The van der Waals surface area contributed by atoms with Gasteiger partial charge in [0.15, 0.2) is 0 Å². The first kappa shape index (κ1) is 9.97. The van der Waals surface area contributed by atoms with E-state index in [4.69, 9.17) is 9.84 Å². The number of hydrogen-bond donors (Lipinski definition) is 1. The van der Waals surface area contributed by atoms with Gasteiger partial charge in [0.2, 0.25) is 0 Å². The van der Waals surface area contributed by atoms with Crippen molar-refractivity contribution in [2.24, 2.45) is 11.3 Å². The third-order valence-corrected chi connectivity index (χ3v) is 3.92. The monoisotopic (exact) mass is 198 g/mol. The lowest BCUT2D eigenvalue weighted by molar-refractivity contribution is -0.156. The molecule has 1 saturated heterocycles. The highest BCUT2D eigenvalue weighted by Gasteiger charge is 2.42. The molecule has 0 amide bonds. The average Bonchev–Trinajstić information content (AvgIpc) is 2.14. The fourth-order valence-electron chi connectivity index (χ4n) is 2.51. The van der Waals surface area contributed by atoms with Gasteiger partial charge in [-0.2, -0.15) is 0 Å². The molecule has 2 atom stereocenters. The van der Waals surface area contributed by atoms with Crippen LogP contribution in [0.3, 0.4) is 0 Å². The van der Waals surface area contributed by atoms with Crippen molar-refractivity contribution in [2.75, 3.05) is 6.61 Å². The van der Waals surface area contributed by atoms with E-state index in [-0.39, 0.29) is 12.0 Å². The van der Waals surface area contributed by atoms with E-state index in [0.717, 1.165) is 19.4 Å². The van der Waals surface area contributed by atoms with Crippen LogP contribution in [0.1, 0.15) is 39.0 Å². The van der Waals surface area contributed by atoms with Crippen LogP contribution in [0.15, 0.2) is 0 Å². The molecule has 0 radical (unpaired) electrons. The zero-order valence-corrected chi connectivity index (χ0v) is 8.66. The van der Waals surface area contributed by atoms with Gasteiger partial charge in [-0.25, -0.2) is 0 Å². The highest BCUT2D eigenvalue weighted by molar-refractivity contribution is 5.70. The molecule has 0 aromatic carbocycles. The summed E-state index contributed by atoms with van der Waals surface area (Å²) in [4.78, 5) is 10.8. The number of carbonyl (C=O) groups is 1. The van der Waals surface area contributed by atoms with E-state index in [1.807, 2.05) is 0 Å². The topological polar surface area (TPSA) is 46.5 Å². The van der Waals surface area contributed by atoms with Crippen LogP contribution >= 0.6 is 0 Å². The number of aliphatic carboxylic acids is 1. The SMILES string of the molecule is CC(C(=O)O)C1CCC2(CCC2)CO1. The van der Waals surface area contributed by atoms with Gasteiger partial charge in [0.1, 0.15) is 0 Å². The summed E-state index contributed by atoms with van der Waals surface area (Å²) < 4.78 is 5.68. The van der Waals surface area contributed by atoms with Gasteiger partial charge < -0.3 is 9.84 Å². The first-order valence-corrected chi connectivity index (χ1v) is 5.47. The van der Waals surface area contributed by atoms with Crippen molar-refractivity contribution in [1.29, 1.82) is 0 Å². The summed E-state index contributed by atoms with van der Waals surface area (Å²) in [6.07, 6.45) is 5.91. The Morgan fingerprint density at radius 1 is 1.50 bits per heavy atom. The summed E-state index contributed by atoms with van der Waals surface area (Å²) in [6, 6.07) is 0. The molecule has 2 rings (SSSR count). The summed E-state index contributed by atoms with van der Waals surface area (Å²) in [5.74, 6) is -1.09. The van der Waals surface area contributed by atoms with Crippen molar-refractivity contribution in [3.05, 3.63) is 0 Å². The molecular weight excluding hydrogens is 180 g/mol. The molecule has 3 heteroatoms. The number of ether oxygens (including phenoxy) is 1. The third-order valence-electron chi connectivity index (χ3n) is 3.92. The molecule has 1 aliphatic heterocycles. The summed E-state index contributed by atoms with van der Waals surface area (Å²) in [5.41, 5.74) is 0.439. The van der Waals surface area contributed by atoms with E-state index in [1.165, 1.54) is 19.3 Å². The van der Waals surface area contributed by atoms with Gasteiger partial charge >= 0.3 is 5.97 Å². The molecular formula is C11H18O3. The highest BCUT2D eigenvalue weighted by atomic mass is 16.5. The Balaban J connectivity index is 1.86. The maximum absolute atomic E-state index is 10.8. The van der Waals surface area contributed by atoms with E-state index in [0.29, 0.717) is 5.41 Å².